The van der Waals surface area contributed by atoms with Gasteiger partial charge < -0.3 is 75.5 Å². The molecule has 26 nitrogen and oxygen atoms in total. The van der Waals surface area contributed by atoms with Crippen LogP contribution in [-0.2, 0) is 79.8 Å². The molecule has 3 aromatic rings. The summed E-state index contributed by atoms with van der Waals surface area (Å²) in [6.45, 7) is 12.9. The van der Waals surface area contributed by atoms with E-state index >= 15 is 13.6 Å². The molecule has 0 spiro atoms. The van der Waals surface area contributed by atoms with Gasteiger partial charge in [-0.1, -0.05) is 81.8 Å². The largest absolute Gasteiger partial charge is 0.390 e. The Labute approximate surface area is 582 Å². The van der Waals surface area contributed by atoms with Crippen LogP contribution >= 0.6 is 0 Å². The van der Waals surface area contributed by atoms with Crippen LogP contribution in [0.5, 0.6) is 0 Å². The number of likely N-dealkylation sites (N-methyl/N-ethyl adjacent to an activating group) is 1. The smallest absolute Gasteiger partial charge is 0.312 e. The first kappa shape index (κ1) is 76.9. The molecule has 3 saturated carbocycles. The van der Waals surface area contributed by atoms with E-state index in [4.69, 9.17) is 44.0 Å². The minimum atomic E-state index is -2.41. The maximum atomic E-state index is 18.1. The zero-order valence-electron chi connectivity index (χ0n) is 58.4. The molecule has 100 heavy (non-hydrogen) atoms. The van der Waals surface area contributed by atoms with Crippen LogP contribution in [0.1, 0.15) is 111 Å². The van der Waals surface area contributed by atoms with Crippen molar-refractivity contribution in [3.05, 3.63) is 77.9 Å². The Morgan fingerprint density at radius 2 is 1.51 bits per heavy atom. The highest BCUT2D eigenvalue weighted by Crippen LogP contribution is 2.72. The zero-order valence-corrected chi connectivity index (χ0v) is 58.4. The van der Waals surface area contributed by atoms with E-state index in [1.807, 2.05) is 67.2 Å². The van der Waals surface area contributed by atoms with Crippen molar-refractivity contribution in [2.45, 2.75) is 160 Å². The molecular formula is C72H101F2N10O16+. The SMILES string of the molecule is CCCC1O[C@@H]2C[C@H]3[C@@H]4C[C@H](F)C5=CC(=O)C=C[C@]5(C)[C@@]4(F)[C@@H](O)C[C@]3(C)[C@]2(C(=O)CNC(=O)[C@H](CCCNC(N)=O)CC(=O)[C@@H](NC(=O)CCOCCOCCOCCOCCNC(=O)CCC(=O)N2Cc3ccccc3-c3c(n[nH][n+]3CCOCCNC)-c3ccccc32)C(C)C)O1. The van der Waals surface area contributed by atoms with E-state index in [-0.39, 0.29) is 141 Å². The average molecular weight is 1400 g/mol. The Hall–Kier alpha value is -7.28. The van der Waals surface area contributed by atoms with Gasteiger partial charge in [-0.25, -0.2) is 13.6 Å². The van der Waals surface area contributed by atoms with Crippen LogP contribution in [0.3, 0.4) is 0 Å². The summed E-state index contributed by atoms with van der Waals surface area (Å²) in [5.74, 6) is -6.36. The number of nitrogens with zero attached hydrogens (tertiary/aromatic N) is 3. The number of alkyl halides is 2. The number of hydrogen-bond donors (Lipinski definition) is 8. The number of ether oxygens (including phenoxy) is 7. The lowest BCUT2D eigenvalue weighted by Gasteiger charge is -2.63. The Balaban J connectivity index is 0.658. The normalized spacial score (nSPS) is 26.1. The molecule has 548 valence electrons. The highest BCUT2D eigenvalue weighted by molar-refractivity contribution is 6.02. The number of allylic oxidation sites excluding steroid dienone is 4. The number of nitrogens with one attached hydrogen (secondary N) is 6. The van der Waals surface area contributed by atoms with Crippen LogP contribution in [-0.4, -0.2) is 204 Å². The number of para-hydroxylation sites is 1. The van der Waals surface area contributed by atoms with E-state index in [1.165, 1.54) is 19.1 Å². The van der Waals surface area contributed by atoms with E-state index < -0.39 is 118 Å². The predicted octanol–water partition coefficient (Wildman–Crippen LogP) is 4.53. The summed E-state index contributed by atoms with van der Waals surface area (Å²) < 4.78 is 77.7. The fourth-order valence-electron chi connectivity index (χ4n) is 15.8. The second-order valence-corrected chi connectivity index (χ2v) is 27.5. The van der Waals surface area contributed by atoms with Crippen LogP contribution in [0.25, 0.3) is 22.5 Å². The average Bonchev–Trinajstić information content (AvgIpc) is 1.38. The number of amides is 6. The summed E-state index contributed by atoms with van der Waals surface area (Å²) >= 11 is 0. The molecule has 12 atom stereocenters. The van der Waals surface area contributed by atoms with E-state index in [9.17, 15) is 38.7 Å². The number of carbonyl (C=O) groups excluding carboxylic acids is 8. The van der Waals surface area contributed by atoms with Gasteiger partial charge in [0.2, 0.25) is 29.3 Å². The number of benzene rings is 2. The number of Topliss-reactive ketones (excluding diaryl/α,β-unsaturated/α-hetero) is 2. The molecular weight excluding hydrogens is 1300 g/mol. The summed E-state index contributed by atoms with van der Waals surface area (Å²) in [5.41, 5.74) is 3.12. The Morgan fingerprint density at radius 3 is 2.22 bits per heavy atom. The number of aromatic nitrogens is 3. The molecule has 1 aromatic heterocycles. The van der Waals surface area contributed by atoms with Crippen LogP contribution in [0.4, 0.5) is 19.3 Å². The number of carbonyl (C=O) groups is 8. The number of urea groups is 1. The molecule has 2 aromatic carbocycles. The van der Waals surface area contributed by atoms with Gasteiger partial charge in [0.05, 0.1) is 109 Å². The lowest BCUT2D eigenvalue weighted by molar-refractivity contribution is -0.744. The summed E-state index contributed by atoms with van der Waals surface area (Å²) in [6.07, 6.45) is -1.10. The maximum Gasteiger partial charge on any atom is 0.312 e. The van der Waals surface area contributed by atoms with Gasteiger partial charge in [0.25, 0.3) is 5.69 Å². The van der Waals surface area contributed by atoms with Gasteiger partial charge in [-0.2, -0.15) is 4.68 Å². The molecule has 1 saturated heterocycles. The molecule has 6 aliphatic rings. The van der Waals surface area contributed by atoms with Gasteiger partial charge in [-0.05, 0) is 99.8 Å². The van der Waals surface area contributed by atoms with Crippen molar-refractivity contribution in [2.75, 3.05) is 104 Å². The number of halogens is 2. The molecule has 4 fully saturated rings. The zero-order chi connectivity index (χ0) is 71.8. The Kier molecular flexibility index (Phi) is 27.0. The predicted molar refractivity (Wildman–Crippen MR) is 362 cm³/mol. The Bertz CT molecular complexity index is 3450. The molecule has 0 bridgehead atoms. The third-order valence-corrected chi connectivity index (χ3v) is 20.8. The summed E-state index contributed by atoms with van der Waals surface area (Å²) in [7, 11) is 1.88. The summed E-state index contributed by atoms with van der Waals surface area (Å²) in [6, 6.07) is 13.8. The molecule has 28 heteroatoms. The minimum absolute atomic E-state index is 0.00725. The van der Waals surface area contributed by atoms with Crippen molar-refractivity contribution in [3.8, 4) is 22.5 Å². The van der Waals surface area contributed by atoms with Crippen molar-refractivity contribution in [1.29, 1.82) is 0 Å². The lowest BCUT2D eigenvalue weighted by Crippen LogP contribution is -2.71. The second-order valence-electron chi connectivity index (χ2n) is 27.5. The van der Waals surface area contributed by atoms with Crippen molar-refractivity contribution in [1.82, 2.24) is 36.9 Å². The molecule has 9 rings (SSSR count). The first-order valence-electron chi connectivity index (χ1n) is 35.2. The number of ketones is 3. The van der Waals surface area contributed by atoms with Crippen molar-refractivity contribution in [2.24, 2.45) is 40.2 Å². The lowest BCUT2D eigenvalue weighted by atomic mass is 9.44. The summed E-state index contributed by atoms with van der Waals surface area (Å²) in [5, 5.41) is 33.8. The van der Waals surface area contributed by atoms with Crippen molar-refractivity contribution < 1.29 is 90.1 Å². The number of fused-ring (bicyclic) bond motifs is 12. The van der Waals surface area contributed by atoms with Gasteiger partial charge in [0.15, 0.2) is 34.9 Å². The van der Waals surface area contributed by atoms with E-state index in [1.54, 1.807) is 25.7 Å². The topological polar surface area (TPSA) is 343 Å². The Morgan fingerprint density at radius 1 is 0.830 bits per heavy atom. The van der Waals surface area contributed by atoms with Gasteiger partial charge in [0.1, 0.15) is 12.7 Å². The monoisotopic (exact) mass is 1400 g/mol. The minimum Gasteiger partial charge on any atom is -0.390 e. The number of primary amides is 1. The van der Waals surface area contributed by atoms with Gasteiger partial charge >= 0.3 is 6.03 Å². The molecule has 6 amide bonds. The number of anilines is 1. The van der Waals surface area contributed by atoms with E-state index in [0.717, 1.165) is 35.0 Å². The quantitative estimate of drug-likeness (QED) is 0.0287. The number of aliphatic hydroxyl groups excluding tert-OH is 1. The first-order chi connectivity index (χ1) is 48.0. The van der Waals surface area contributed by atoms with Gasteiger partial charge in [0, 0.05) is 78.6 Å². The summed E-state index contributed by atoms with van der Waals surface area (Å²) in [4.78, 5) is 109. The van der Waals surface area contributed by atoms with E-state index in [2.05, 4.69) is 31.8 Å². The molecule has 9 N–H and O–H groups in total. The number of aromatic amines is 1. The maximum absolute atomic E-state index is 18.1. The second kappa shape index (κ2) is 35.1. The molecule has 2 aliphatic heterocycles. The highest BCUT2D eigenvalue weighted by Gasteiger charge is 2.80. The van der Waals surface area contributed by atoms with Crippen LogP contribution in [0.15, 0.2) is 72.3 Å². The standard InChI is InChI=1S/C72H100F2N10O16/c1-7-13-63-99-59-41-51-52-40-54(73)53-39-48(85)21-23-69(53,4)71(52,74)57(87)42-70(51,5)72(59,100-63)58(88)43-79-67(92)46(15-12-24-78-68(75)93)38-56(86)64(45(2)3)80-61(90)22-28-94-32-34-97-36-37-98-35-33-96-30-26-77-60(89)19-20-62(91)83-44-47-14-8-9-16-49(47)66-65(50-17-10-11-18-55(50)83)81-82-84(66)27-31-95-29-25-76-6/h8-11,14,16-18,21,23,39,45-46,51-52,54,57,59,63-64,76,87H,7,12-13,15,19-20,22,24-38,40-44H2,1-6H3,(H6,75,77,78,79,80,89,90,92,93)/p+1/t46-,51+,52+,54+,57+,59-,63?,64+,69+,70+,71+,72-/m1/s1. The van der Waals surface area contributed by atoms with Crippen LogP contribution in [0.2, 0.25) is 0 Å². The molecule has 1 unspecified atom stereocenters. The third-order valence-electron chi connectivity index (χ3n) is 20.8. The first-order valence-corrected chi connectivity index (χ1v) is 35.2. The number of nitrogens with two attached hydrogens (primary N) is 1. The molecule has 0 radical (unpaired) electrons. The number of hydrogen-bond acceptors (Lipinski definition) is 18. The number of rotatable bonds is 39. The number of H-pyrrole nitrogens is 1. The highest BCUT2D eigenvalue weighted by atomic mass is 19.1. The van der Waals surface area contributed by atoms with Gasteiger partial charge in [-0.3, -0.25) is 33.6 Å². The molecule has 4 aliphatic carbocycles. The fraction of sp³-hybridized carbons (Fsp3) is 0.639. The number of aliphatic hydroxyl groups is 1. The van der Waals surface area contributed by atoms with Crippen LogP contribution < -0.4 is 41.9 Å². The van der Waals surface area contributed by atoms with Crippen molar-refractivity contribution >= 4 is 52.7 Å². The van der Waals surface area contributed by atoms with E-state index in [0.29, 0.717) is 50.5 Å². The van der Waals surface area contributed by atoms with Crippen molar-refractivity contribution in [3.63, 3.8) is 0 Å². The van der Waals surface area contributed by atoms with Crippen LogP contribution in [0, 0.1) is 34.5 Å². The van der Waals surface area contributed by atoms with Gasteiger partial charge in [-0.15, -0.1) is 0 Å². The third kappa shape index (κ3) is 17.1. The molecule has 3 heterocycles. The fourth-order valence-corrected chi connectivity index (χ4v) is 15.8.